The van der Waals surface area contributed by atoms with E-state index >= 15 is 0 Å². The van der Waals surface area contributed by atoms with Gasteiger partial charge in [0.05, 0.1) is 0 Å². The summed E-state index contributed by atoms with van der Waals surface area (Å²) < 4.78 is 17.5. The fourth-order valence-electron chi connectivity index (χ4n) is 0. The third-order valence-electron chi connectivity index (χ3n) is 0.247. The van der Waals surface area contributed by atoms with Gasteiger partial charge in [-0.1, -0.05) is 0 Å². The van der Waals surface area contributed by atoms with Crippen molar-refractivity contribution in [2.24, 2.45) is 0 Å². The van der Waals surface area contributed by atoms with Crippen LogP contribution in [0.3, 0.4) is 0 Å². The SMILES string of the molecule is CC[Se](=O)O.[Ag]. The summed E-state index contributed by atoms with van der Waals surface area (Å²) in [5.41, 5.74) is 0. The van der Waals surface area contributed by atoms with Gasteiger partial charge in [0.2, 0.25) is 0 Å². The number of hydrogen-bond acceptors (Lipinski definition) is 1. The van der Waals surface area contributed by atoms with Crippen LogP contribution in [0.5, 0.6) is 0 Å². The van der Waals surface area contributed by atoms with Crippen molar-refractivity contribution in [3.63, 3.8) is 0 Å². The van der Waals surface area contributed by atoms with Crippen LogP contribution in [0.4, 0.5) is 0 Å². The Morgan fingerprint density at radius 1 is 1.83 bits per heavy atom. The van der Waals surface area contributed by atoms with E-state index < -0.39 is 14.2 Å². The van der Waals surface area contributed by atoms with Gasteiger partial charge < -0.3 is 0 Å². The molecule has 0 saturated carbocycles. The summed E-state index contributed by atoms with van der Waals surface area (Å²) in [6, 6.07) is 0. The molecule has 1 radical (unpaired) electrons. The van der Waals surface area contributed by atoms with Crippen molar-refractivity contribution in [2.45, 2.75) is 12.2 Å². The minimum atomic E-state index is -2.30. The molecule has 43 valence electrons. The summed E-state index contributed by atoms with van der Waals surface area (Å²) in [6.07, 6.45) is 0. The van der Waals surface area contributed by atoms with Crippen molar-refractivity contribution in [3.05, 3.63) is 0 Å². The van der Waals surface area contributed by atoms with Crippen molar-refractivity contribution < 1.29 is 30.4 Å². The van der Waals surface area contributed by atoms with Gasteiger partial charge in [0, 0.05) is 22.4 Å². The molecule has 0 aromatic carbocycles. The summed E-state index contributed by atoms with van der Waals surface area (Å²) in [4.78, 5) is 0. The zero-order chi connectivity index (χ0) is 4.28. The van der Waals surface area contributed by atoms with Crippen LogP contribution in [0, 0.1) is 0 Å². The van der Waals surface area contributed by atoms with Crippen molar-refractivity contribution in [1.29, 1.82) is 0 Å². The fraction of sp³-hybridized carbons (Fsp3) is 1.00. The molecule has 2 nitrogen and oxygen atoms in total. The van der Waals surface area contributed by atoms with Crippen LogP contribution in [0.25, 0.3) is 0 Å². The Morgan fingerprint density at radius 3 is 2.00 bits per heavy atom. The first-order valence-corrected chi connectivity index (χ1v) is 4.02. The summed E-state index contributed by atoms with van der Waals surface area (Å²) in [5.74, 6) is 0. The van der Waals surface area contributed by atoms with Crippen LogP contribution >= 0.6 is 0 Å². The minimum absolute atomic E-state index is 0. The molecule has 0 aliphatic heterocycles. The average Bonchev–Trinajstić information content (AvgIpc) is 1.38. The molecule has 0 heterocycles. The molecule has 1 N–H and O–H groups in total. The van der Waals surface area contributed by atoms with Crippen LogP contribution in [0.15, 0.2) is 0 Å². The molecular formula is C2H6AgO2Se. The second kappa shape index (κ2) is 6.02. The Balaban J connectivity index is 0. The molecule has 0 saturated heterocycles. The summed E-state index contributed by atoms with van der Waals surface area (Å²) in [5, 5.41) is 0.431. The van der Waals surface area contributed by atoms with Crippen LogP contribution in [0.2, 0.25) is 5.32 Å². The molecular weight excluding hydrogens is 243 g/mol. The predicted molar refractivity (Wildman–Crippen MR) is 19.1 cm³/mol. The van der Waals surface area contributed by atoms with Crippen LogP contribution in [-0.4, -0.2) is 18.4 Å². The van der Waals surface area contributed by atoms with E-state index in [4.69, 9.17) is 4.19 Å². The molecule has 0 fully saturated rings. The molecule has 0 aromatic heterocycles. The van der Waals surface area contributed by atoms with Crippen molar-refractivity contribution in [3.8, 4) is 0 Å². The molecule has 0 rings (SSSR count). The largest absolute Gasteiger partial charge is 0 e. The van der Waals surface area contributed by atoms with Gasteiger partial charge in [0.1, 0.15) is 0 Å². The first kappa shape index (κ1) is 10.1. The molecule has 0 aliphatic carbocycles. The van der Waals surface area contributed by atoms with E-state index in [1.54, 1.807) is 6.92 Å². The molecule has 6 heavy (non-hydrogen) atoms. The van der Waals surface area contributed by atoms with Crippen LogP contribution < -0.4 is 0 Å². The molecule has 0 aromatic rings. The van der Waals surface area contributed by atoms with E-state index in [0.717, 1.165) is 0 Å². The Kier molecular flexibility index (Phi) is 10.1. The first-order valence-electron chi connectivity index (χ1n) is 1.35. The molecule has 0 spiro atoms. The molecule has 0 amide bonds. The molecule has 0 aliphatic rings. The van der Waals surface area contributed by atoms with Gasteiger partial charge in [-0.25, -0.2) is 0 Å². The van der Waals surface area contributed by atoms with Crippen LogP contribution in [0.1, 0.15) is 6.92 Å². The fourth-order valence-corrected chi connectivity index (χ4v) is 0. The molecule has 0 bridgehead atoms. The Morgan fingerprint density at radius 2 is 2.00 bits per heavy atom. The van der Waals surface area contributed by atoms with Crippen LogP contribution in [-0.2, 0) is 26.2 Å². The van der Waals surface area contributed by atoms with Crippen molar-refractivity contribution in [1.82, 2.24) is 0 Å². The van der Waals surface area contributed by atoms with Gasteiger partial charge >= 0.3 is 34.4 Å². The van der Waals surface area contributed by atoms with Gasteiger partial charge in [-0.05, 0) is 0 Å². The van der Waals surface area contributed by atoms with E-state index in [9.17, 15) is 3.83 Å². The molecule has 4 heteroatoms. The summed E-state index contributed by atoms with van der Waals surface area (Å²) in [6.45, 7) is 1.69. The van der Waals surface area contributed by atoms with E-state index in [2.05, 4.69) is 0 Å². The van der Waals surface area contributed by atoms with Gasteiger partial charge in [0.15, 0.2) is 0 Å². The minimum Gasteiger partial charge on any atom is 0 e. The normalized spacial score (nSPS) is 12.3. The number of rotatable bonds is 1. The van der Waals surface area contributed by atoms with Gasteiger partial charge in [-0.3, -0.25) is 0 Å². The topological polar surface area (TPSA) is 37.3 Å². The van der Waals surface area contributed by atoms with E-state index in [-0.39, 0.29) is 22.4 Å². The second-order valence-corrected chi connectivity index (χ2v) is 3.17. The van der Waals surface area contributed by atoms with E-state index in [0.29, 0.717) is 5.32 Å². The maximum absolute atomic E-state index is 9.58. The van der Waals surface area contributed by atoms with Gasteiger partial charge in [-0.15, -0.1) is 0 Å². The maximum atomic E-state index is 9.58. The molecule has 1 atom stereocenters. The third kappa shape index (κ3) is 8.89. The standard InChI is InChI=1S/C2H6O2Se.Ag/c1-2-5(3)4;/h2H2,1H3,(H,3,4);. The smallest absolute Gasteiger partial charge is 0 e. The monoisotopic (exact) mass is 249 g/mol. The zero-order valence-corrected chi connectivity index (χ0v) is 6.47. The second-order valence-electron chi connectivity index (χ2n) is 0.610. The third-order valence-corrected chi connectivity index (χ3v) is 1.28. The quantitative estimate of drug-likeness (QED) is 0.659. The Hall–Kier alpha value is 1.02. The zero-order valence-electron chi connectivity index (χ0n) is 3.27. The van der Waals surface area contributed by atoms with Crippen molar-refractivity contribution >= 4 is 14.2 Å². The maximum Gasteiger partial charge on any atom is 0 e. The summed E-state index contributed by atoms with van der Waals surface area (Å²) >= 11 is -2.30. The molecule has 1 unspecified atom stereocenters. The van der Waals surface area contributed by atoms with Crippen molar-refractivity contribution in [2.75, 3.05) is 0 Å². The van der Waals surface area contributed by atoms with E-state index in [1.807, 2.05) is 0 Å². The first-order chi connectivity index (χ1) is 2.27. The summed E-state index contributed by atoms with van der Waals surface area (Å²) in [7, 11) is 0. The van der Waals surface area contributed by atoms with Gasteiger partial charge in [-0.2, -0.15) is 0 Å². The average molecular weight is 249 g/mol. The van der Waals surface area contributed by atoms with Gasteiger partial charge in [0.25, 0.3) is 0 Å². The number of hydrogen-bond donors (Lipinski definition) is 1. The Labute approximate surface area is 56.9 Å². The predicted octanol–water partition coefficient (Wildman–Crippen LogP) is -0.0852. The van der Waals surface area contributed by atoms with E-state index in [1.165, 1.54) is 0 Å². The Bertz CT molecular complexity index is 46.8.